The summed E-state index contributed by atoms with van der Waals surface area (Å²) < 4.78 is 4.52. The van der Waals surface area contributed by atoms with Crippen LogP contribution < -0.4 is 5.56 Å². The minimum atomic E-state index is -0.222. The van der Waals surface area contributed by atoms with E-state index >= 15 is 0 Å². The van der Waals surface area contributed by atoms with Crippen LogP contribution in [0.3, 0.4) is 0 Å². The van der Waals surface area contributed by atoms with Crippen molar-refractivity contribution in [2.45, 2.75) is 6.92 Å². The quantitative estimate of drug-likeness (QED) is 0.604. The second-order valence-electron chi connectivity index (χ2n) is 2.09. The van der Waals surface area contributed by atoms with Crippen LogP contribution in [-0.2, 0) is 0 Å². The SMILES string of the molecule is Cc1nsc2c(=O)[nH]nnc12. The van der Waals surface area contributed by atoms with Crippen molar-refractivity contribution in [3.05, 3.63) is 16.0 Å². The number of nitrogens with one attached hydrogen (secondary N) is 1. The predicted octanol–water partition coefficient (Wildman–Crippen LogP) is 0.0830. The van der Waals surface area contributed by atoms with Crippen LogP contribution >= 0.6 is 11.5 Å². The summed E-state index contributed by atoms with van der Waals surface area (Å²) in [6.45, 7) is 1.80. The first kappa shape index (κ1) is 6.41. The first-order valence-electron chi connectivity index (χ1n) is 2.96. The second-order valence-corrected chi connectivity index (χ2v) is 2.86. The van der Waals surface area contributed by atoms with E-state index in [4.69, 9.17) is 0 Å². The third-order valence-corrected chi connectivity index (χ3v) is 2.27. The molecule has 0 radical (unpaired) electrons. The van der Waals surface area contributed by atoms with Gasteiger partial charge in [-0.1, -0.05) is 5.21 Å². The molecule has 5 nitrogen and oxygen atoms in total. The minimum absolute atomic E-state index is 0.222. The number of aromatic nitrogens is 4. The summed E-state index contributed by atoms with van der Waals surface area (Å²) in [5.74, 6) is 0. The van der Waals surface area contributed by atoms with Crippen molar-refractivity contribution >= 4 is 21.7 Å². The molecule has 0 unspecified atom stereocenters. The largest absolute Gasteiger partial charge is 0.286 e. The number of nitrogens with zero attached hydrogens (tertiary/aromatic N) is 3. The summed E-state index contributed by atoms with van der Waals surface area (Å²) >= 11 is 1.14. The van der Waals surface area contributed by atoms with Gasteiger partial charge in [0.1, 0.15) is 10.2 Å². The summed E-state index contributed by atoms with van der Waals surface area (Å²) in [6, 6.07) is 0. The molecule has 56 valence electrons. The Balaban J connectivity index is 3.06. The molecule has 11 heavy (non-hydrogen) atoms. The van der Waals surface area contributed by atoms with E-state index in [1.165, 1.54) is 0 Å². The van der Waals surface area contributed by atoms with E-state index < -0.39 is 0 Å². The summed E-state index contributed by atoms with van der Waals surface area (Å²) in [7, 11) is 0. The molecule has 2 heterocycles. The molecule has 1 N–H and O–H groups in total. The molecule has 0 fully saturated rings. The smallest absolute Gasteiger partial charge is 0.266 e. The zero-order valence-electron chi connectivity index (χ0n) is 5.66. The summed E-state index contributed by atoms with van der Waals surface area (Å²) in [5, 5.41) is 9.41. The van der Waals surface area contributed by atoms with Gasteiger partial charge in [0.2, 0.25) is 0 Å². The van der Waals surface area contributed by atoms with Crippen LogP contribution in [0.1, 0.15) is 5.69 Å². The van der Waals surface area contributed by atoms with Gasteiger partial charge in [0.25, 0.3) is 5.56 Å². The lowest BCUT2D eigenvalue weighted by atomic mass is 10.4. The van der Waals surface area contributed by atoms with Gasteiger partial charge >= 0.3 is 0 Å². The van der Waals surface area contributed by atoms with Gasteiger partial charge in [-0.2, -0.15) is 4.37 Å². The van der Waals surface area contributed by atoms with E-state index in [1.807, 2.05) is 0 Å². The third-order valence-electron chi connectivity index (χ3n) is 1.34. The summed E-state index contributed by atoms with van der Waals surface area (Å²) in [4.78, 5) is 11.0. The predicted molar refractivity (Wildman–Crippen MR) is 40.6 cm³/mol. The van der Waals surface area contributed by atoms with E-state index in [1.54, 1.807) is 6.92 Å². The Labute approximate surface area is 65.2 Å². The Bertz CT molecular complexity index is 445. The van der Waals surface area contributed by atoms with Gasteiger partial charge in [-0.3, -0.25) is 4.79 Å². The Kier molecular flexibility index (Phi) is 1.22. The number of aromatic amines is 1. The highest BCUT2D eigenvalue weighted by Crippen LogP contribution is 2.13. The first-order valence-corrected chi connectivity index (χ1v) is 3.74. The zero-order valence-corrected chi connectivity index (χ0v) is 6.47. The first-order chi connectivity index (χ1) is 5.29. The molecule has 0 aliphatic carbocycles. The van der Waals surface area contributed by atoms with Gasteiger partial charge in [0.15, 0.2) is 0 Å². The van der Waals surface area contributed by atoms with Crippen molar-refractivity contribution in [2.75, 3.05) is 0 Å². The molecule has 0 aliphatic heterocycles. The van der Waals surface area contributed by atoms with E-state index in [2.05, 4.69) is 19.8 Å². The van der Waals surface area contributed by atoms with Crippen molar-refractivity contribution in [1.29, 1.82) is 0 Å². The molecular weight excluding hydrogens is 164 g/mol. The minimum Gasteiger partial charge on any atom is -0.266 e. The molecule has 0 spiro atoms. The lowest BCUT2D eigenvalue weighted by molar-refractivity contribution is 0.872. The highest BCUT2D eigenvalue weighted by Gasteiger charge is 2.05. The second kappa shape index (κ2) is 2.09. The Morgan fingerprint density at radius 3 is 3.09 bits per heavy atom. The van der Waals surface area contributed by atoms with E-state index in [9.17, 15) is 4.79 Å². The molecule has 6 heteroatoms. The average Bonchev–Trinajstić information content (AvgIpc) is 2.35. The maximum atomic E-state index is 11.0. The molecule has 0 saturated carbocycles. The van der Waals surface area contributed by atoms with Crippen LogP contribution in [0.2, 0.25) is 0 Å². The van der Waals surface area contributed by atoms with Crippen LogP contribution in [0.5, 0.6) is 0 Å². The molecule has 0 aliphatic rings. The molecular formula is C5H4N4OS. The molecule has 2 aromatic heterocycles. The number of aryl methyl sites for hydroxylation is 1. The van der Waals surface area contributed by atoms with E-state index in [0.717, 1.165) is 17.2 Å². The number of rotatable bonds is 0. The van der Waals surface area contributed by atoms with Gasteiger partial charge in [0.05, 0.1) is 5.69 Å². The maximum Gasteiger partial charge on any atom is 0.286 e. The van der Waals surface area contributed by atoms with Gasteiger partial charge in [-0.15, -0.1) is 5.10 Å². The van der Waals surface area contributed by atoms with Gasteiger partial charge in [-0.25, -0.2) is 5.10 Å². The van der Waals surface area contributed by atoms with Crippen molar-refractivity contribution in [2.24, 2.45) is 0 Å². The van der Waals surface area contributed by atoms with Crippen LogP contribution in [0, 0.1) is 6.92 Å². The Morgan fingerprint density at radius 1 is 1.55 bits per heavy atom. The number of hydrogen-bond acceptors (Lipinski definition) is 5. The van der Waals surface area contributed by atoms with Gasteiger partial charge < -0.3 is 0 Å². The van der Waals surface area contributed by atoms with Crippen molar-refractivity contribution < 1.29 is 0 Å². The molecule has 0 atom stereocenters. The molecule has 2 rings (SSSR count). The van der Waals surface area contributed by atoms with Gasteiger partial charge in [0, 0.05) is 0 Å². The van der Waals surface area contributed by atoms with Crippen LogP contribution in [0.25, 0.3) is 10.2 Å². The fraction of sp³-hybridized carbons (Fsp3) is 0.200. The average molecular weight is 168 g/mol. The molecule has 2 aromatic rings. The lowest BCUT2D eigenvalue weighted by Crippen LogP contribution is -2.07. The number of H-pyrrole nitrogens is 1. The molecule has 0 bridgehead atoms. The normalized spacial score (nSPS) is 10.6. The van der Waals surface area contributed by atoms with E-state index in [0.29, 0.717) is 10.2 Å². The van der Waals surface area contributed by atoms with Crippen LogP contribution in [-0.4, -0.2) is 19.8 Å². The van der Waals surface area contributed by atoms with Crippen LogP contribution in [0.15, 0.2) is 4.79 Å². The Morgan fingerprint density at radius 2 is 2.36 bits per heavy atom. The van der Waals surface area contributed by atoms with Crippen molar-refractivity contribution in [1.82, 2.24) is 19.8 Å². The highest BCUT2D eigenvalue weighted by atomic mass is 32.1. The Hall–Kier alpha value is -1.30. The zero-order chi connectivity index (χ0) is 7.84. The maximum absolute atomic E-state index is 11.0. The lowest BCUT2D eigenvalue weighted by Gasteiger charge is -1.82. The summed E-state index contributed by atoms with van der Waals surface area (Å²) in [5.41, 5.74) is 1.13. The fourth-order valence-corrected chi connectivity index (χ4v) is 1.52. The fourth-order valence-electron chi connectivity index (χ4n) is 0.803. The highest BCUT2D eigenvalue weighted by molar-refractivity contribution is 7.13. The number of fused-ring (bicyclic) bond motifs is 1. The van der Waals surface area contributed by atoms with Crippen molar-refractivity contribution in [3.63, 3.8) is 0 Å². The number of hydrogen-bond donors (Lipinski definition) is 1. The van der Waals surface area contributed by atoms with Crippen LogP contribution in [0.4, 0.5) is 0 Å². The molecule has 0 saturated heterocycles. The monoisotopic (exact) mass is 168 g/mol. The third kappa shape index (κ3) is 0.829. The molecule has 0 aromatic carbocycles. The summed E-state index contributed by atoms with van der Waals surface area (Å²) in [6.07, 6.45) is 0. The standard InChI is InChI=1S/C5H4N4OS/c1-2-3-4(11-8-2)5(10)7-9-6-3/h1H3,(H,6,7,10). The van der Waals surface area contributed by atoms with Crippen molar-refractivity contribution in [3.8, 4) is 0 Å². The van der Waals surface area contributed by atoms with Gasteiger partial charge in [-0.05, 0) is 18.5 Å². The van der Waals surface area contributed by atoms with E-state index in [-0.39, 0.29) is 5.56 Å². The molecule has 0 amide bonds. The topological polar surface area (TPSA) is 71.5 Å².